The molecule has 1 aromatic rings. The van der Waals surface area contributed by atoms with E-state index >= 15 is 0 Å². The highest BCUT2D eigenvalue weighted by molar-refractivity contribution is 5.73. The first-order valence-electron chi connectivity index (χ1n) is 7.33. The van der Waals surface area contributed by atoms with E-state index in [0.29, 0.717) is 0 Å². The molecule has 0 aliphatic heterocycles. The Bertz CT molecular complexity index is 506. The van der Waals surface area contributed by atoms with Crippen molar-refractivity contribution in [2.24, 2.45) is 5.92 Å². The van der Waals surface area contributed by atoms with Crippen LogP contribution in [0.1, 0.15) is 38.7 Å². The van der Waals surface area contributed by atoms with Crippen molar-refractivity contribution < 1.29 is 27.9 Å². The van der Waals surface area contributed by atoms with Crippen LogP contribution in [0, 0.1) is 5.92 Å². The number of nitrogens with one attached hydrogen (secondary N) is 1. The lowest BCUT2D eigenvalue weighted by Crippen LogP contribution is -2.29. The molecule has 5 nitrogen and oxygen atoms in total. The number of ether oxygens (including phenoxy) is 1. The predicted octanol–water partition coefficient (Wildman–Crippen LogP) is 3.83. The quantitative estimate of drug-likeness (QED) is 0.772. The minimum atomic E-state index is -2.93. The van der Waals surface area contributed by atoms with E-state index in [2.05, 4.69) is 4.84 Å². The van der Waals surface area contributed by atoms with Crippen LogP contribution >= 0.6 is 0 Å². The Kier molecular flexibility index (Phi) is 7.44. The molecule has 0 saturated heterocycles. The molecule has 1 rings (SSSR count). The summed E-state index contributed by atoms with van der Waals surface area (Å²) in [5.74, 6) is -4.04. The summed E-state index contributed by atoms with van der Waals surface area (Å²) in [5.41, 5.74) is 2.54. The Hall–Kier alpha value is -2.18. The van der Waals surface area contributed by atoms with Gasteiger partial charge in [-0.05, 0) is 11.5 Å². The van der Waals surface area contributed by atoms with Gasteiger partial charge < -0.3 is 9.57 Å². The van der Waals surface area contributed by atoms with E-state index in [1.807, 2.05) is 6.07 Å². The number of hydroxylamine groups is 1. The Morgan fingerprint density at radius 2 is 1.87 bits per heavy atom. The molecule has 0 spiro atoms. The van der Waals surface area contributed by atoms with Crippen LogP contribution in [-0.2, 0) is 21.0 Å². The first-order valence-corrected chi connectivity index (χ1v) is 7.33. The van der Waals surface area contributed by atoms with Gasteiger partial charge in [-0.1, -0.05) is 44.2 Å². The molecule has 7 heteroatoms. The second-order valence-electron chi connectivity index (χ2n) is 5.59. The van der Waals surface area contributed by atoms with Crippen molar-refractivity contribution in [1.29, 1.82) is 0 Å². The normalized spacial score (nSPS) is 11.2. The van der Waals surface area contributed by atoms with Gasteiger partial charge in [-0.3, -0.25) is 0 Å². The zero-order valence-corrected chi connectivity index (χ0v) is 13.2. The standard InChI is InChI=1S/C16H21F2NO4/c1-12(2)10-16(17,18)9-8-14(20)23-19-15(21)22-11-13-6-4-3-5-7-13/h3-7,12H,8-11H2,1-2H3,(H,19,21). The minimum absolute atomic E-state index is 0.0106. The highest BCUT2D eigenvalue weighted by atomic mass is 19.3. The third-order valence-corrected chi connectivity index (χ3v) is 2.86. The smallest absolute Gasteiger partial charge is 0.441 e. The van der Waals surface area contributed by atoms with Crippen LogP contribution < -0.4 is 5.48 Å². The molecule has 0 radical (unpaired) electrons. The molecular formula is C16H21F2NO4. The molecule has 1 amide bonds. The van der Waals surface area contributed by atoms with Crippen molar-refractivity contribution in [3.63, 3.8) is 0 Å². The summed E-state index contributed by atoms with van der Waals surface area (Å²) in [7, 11) is 0. The maximum absolute atomic E-state index is 13.4. The van der Waals surface area contributed by atoms with Crippen LogP contribution in [0.5, 0.6) is 0 Å². The topological polar surface area (TPSA) is 64.6 Å². The van der Waals surface area contributed by atoms with Gasteiger partial charge in [0.2, 0.25) is 5.92 Å². The fourth-order valence-electron chi connectivity index (χ4n) is 1.89. The molecule has 128 valence electrons. The Morgan fingerprint density at radius 3 is 2.48 bits per heavy atom. The van der Waals surface area contributed by atoms with E-state index in [1.165, 1.54) is 0 Å². The number of benzene rings is 1. The number of hydrogen-bond acceptors (Lipinski definition) is 4. The highest BCUT2D eigenvalue weighted by Crippen LogP contribution is 2.28. The zero-order valence-electron chi connectivity index (χ0n) is 13.2. The van der Waals surface area contributed by atoms with Crippen LogP contribution in [0.2, 0.25) is 0 Å². The van der Waals surface area contributed by atoms with Crippen LogP contribution in [-0.4, -0.2) is 18.0 Å². The van der Waals surface area contributed by atoms with Gasteiger partial charge in [0.15, 0.2) is 0 Å². The van der Waals surface area contributed by atoms with E-state index < -0.39 is 30.8 Å². The van der Waals surface area contributed by atoms with Crippen LogP contribution in [0.15, 0.2) is 30.3 Å². The molecule has 0 heterocycles. The summed E-state index contributed by atoms with van der Waals surface area (Å²) in [4.78, 5) is 27.0. The molecular weight excluding hydrogens is 308 g/mol. The van der Waals surface area contributed by atoms with Crippen molar-refractivity contribution >= 4 is 12.1 Å². The summed E-state index contributed by atoms with van der Waals surface area (Å²) in [6.45, 7) is 3.36. The van der Waals surface area contributed by atoms with Crippen molar-refractivity contribution in [3.8, 4) is 0 Å². The van der Waals surface area contributed by atoms with Crippen LogP contribution in [0.3, 0.4) is 0 Å². The van der Waals surface area contributed by atoms with E-state index in [-0.39, 0.29) is 18.9 Å². The average Bonchev–Trinajstić information content (AvgIpc) is 2.49. The van der Waals surface area contributed by atoms with Crippen molar-refractivity contribution in [2.75, 3.05) is 0 Å². The SMILES string of the molecule is CC(C)CC(F)(F)CCC(=O)ONC(=O)OCc1ccccc1. The first-order chi connectivity index (χ1) is 10.8. The van der Waals surface area contributed by atoms with Gasteiger partial charge in [-0.25, -0.2) is 18.4 Å². The van der Waals surface area contributed by atoms with Crippen molar-refractivity contribution in [2.45, 2.75) is 45.6 Å². The largest absolute Gasteiger partial charge is 0.443 e. The second-order valence-corrected chi connectivity index (χ2v) is 5.59. The maximum atomic E-state index is 13.4. The molecule has 0 aromatic heterocycles. The Labute approximate surface area is 133 Å². The van der Waals surface area contributed by atoms with Gasteiger partial charge in [-0.2, -0.15) is 0 Å². The highest BCUT2D eigenvalue weighted by Gasteiger charge is 2.30. The average molecular weight is 329 g/mol. The fraction of sp³-hybridized carbons (Fsp3) is 0.500. The minimum Gasteiger partial charge on any atom is -0.443 e. The Morgan fingerprint density at radius 1 is 1.22 bits per heavy atom. The zero-order chi connectivity index (χ0) is 17.3. The lowest BCUT2D eigenvalue weighted by Gasteiger charge is -2.17. The number of halogens is 2. The lowest BCUT2D eigenvalue weighted by molar-refractivity contribution is -0.152. The molecule has 0 fully saturated rings. The van der Waals surface area contributed by atoms with E-state index in [9.17, 15) is 18.4 Å². The molecule has 23 heavy (non-hydrogen) atoms. The third-order valence-electron chi connectivity index (χ3n) is 2.86. The van der Waals surface area contributed by atoms with Gasteiger partial charge in [0, 0.05) is 12.8 Å². The number of alkyl halides is 2. The first kappa shape index (κ1) is 18.9. The summed E-state index contributed by atoms with van der Waals surface area (Å²) >= 11 is 0. The molecule has 0 aliphatic carbocycles. The molecule has 0 atom stereocenters. The van der Waals surface area contributed by atoms with Gasteiger partial charge in [0.1, 0.15) is 6.61 Å². The van der Waals surface area contributed by atoms with Gasteiger partial charge in [0.05, 0.1) is 6.42 Å². The van der Waals surface area contributed by atoms with Crippen molar-refractivity contribution in [1.82, 2.24) is 5.48 Å². The fourth-order valence-corrected chi connectivity index (χ4v) is 1.89. The molecule has 0 bridgehead atoms. The lowest BCUT2D eigenvalue weighted by atomic mass is 10.0. The monoisotopic (exact) mass is 329 g/mol. The summed E-state index contributed by atoms with van der Waals surface area (Å²) in [5, 5.41) is 0. The Balaban J connectivity index is 2.21. The molecule has 0 unspecified atom stereocenters. The summed E-state index contributed by atoms with van der Waals surface area (Å²) < 4.78 is 31.6. The number of hydrogen-bond donors (Lipinski definition) is 1. The van der Waals surface area contributed by atoms with E-state index in [0.717, 1.165) is 5.56 Å². The molecule has 0 saturated carbocycles. The third kappa shape index (κ3) is 8.75. The van der Waals surface area contributed by atoms with Crippen LogP contribution in [0.4, 0.5) is 13.6 Å². The molecule has 1 N–H and O–H groups in total. The molecule has 1 aromatic carbocycles. The molecule has 0 aliphatic rings. The predicted molar refractivity (Wildman–Crippen MR) is 79.5 cm³/mol. The van der Waals surface area contributed by atoms with Gasteiger partial charge >= 0.3 is 12.1 Å². The number of carbonyl (C=O) groups is 2. The van der Waals surface area contributed by atoms with Crippen LogP contribution in [0.25, 0.3) is 0 Å². The maximum Gasteiger partial charge on any atom is 0.441 e. The van der Waals surface area contributed by atoms with Gasteiger partial charge in [-0.15, -0.1) is 5.48 Å². The van der Waals surface area contributed by atoms with E-state index in [4.69, 9.17) is 4.74 Å². The van der Waals surface area contributed by atoms with E-state index in [1.54, 1.807) is 43.6 Å². The van der Waals surface area contributed by atoms with Gasteiger partial charge in [0.25, 0.3) is 0 Å². The second kappa shape index (κ2) is 9.07. The number of carbonyl (C=O) groups excluding carboxylic acids is 2. The number of amides is 1. The van der Waals surface area contributed by atoms with Crippen molar-refractivity contribution in [3.05, 3.63) is 35.9 Å². The number of rotatable bonds is 7. The summed E-state index contributed by atoms with van der Waals surface area (Å²) in [6, 6.07) is 8.91. The summed E-state index contributed by atoms with van der Waals surface area (Å²) in [6.07, 6.45) is -2.37.